The van der Waals surface area contributed by atoms with E-state index in [9.17, 15) is 21.6 Å². The van der Waals surface area contributed by atoms with Gasteiger partial charge in [-0.1, -0.05) is 24.6 Å². The maximum absolute atomic E-state index is 12.8. The van der Waals surface area contributed by atoms with Crippen molar-refractivity contribution in [3.8, 4) is 0 Å². The molecule has 35 heavy (non-hydrogen) atoms. The monoisotopic (exact) mass is 506 g/mol. The second-order valence-corrected chi connectivity index (χ2v) is 10.4. The van der Waals surface area contributed by atoms with Crippen LogP contribution in [0.1, 0.15) is 36.9 Å². The molecule has 0 atom stereocenters. The predicted molar refractivity (Wildman–Crippen MR) is 131 cm³/mol. The van der Waals surface area contributed by atoms with Crippen molar-refractivity contribution >= 4 is 26.6 Å². The average molecular weight is 507 g/mol. The van der Waals surface area contributed by atoms with E-state index in [0.29, 0.717) is 12.1 Å². The number of para-hydroxylation sites is 1. The first-order valence-corrected chi connectivity index (χ1v) is 13.2. The molecule has 2 aromatic carbocycles. The number of nitrogens with zero attached hydrogens (tertiary/aromatic N) is 2. The third-order valence-electron chi connectivity index (χ3n) is 6.10. The second-order valence-electron chi connectivity index (χ2n) is 8.74. The highest BCUT2D eigenvalue weighted by molar-refractivity contribution is 7.92. The smallest absolute Gasteiger partial charge is 0.311 e. The minimum absolute atomic E-state index is 0.256. The van der Waals surface area contributed by atoms with Gasteiger partial charge in [0.1, 0.15) is 0 Å². The summed E-state index contributed by atoms with van der Waals surface area (Å²) in [5.41, 5.74) is 0.623. The lowest BCUT2D eigenvalue weighted by atomic mass is 10.1. The number of sulfonamides is 1. The van der Waals surface area contributed by atoms with E-state index >= 15 is 0 Å². The number of rotatable bonds is 9. The van der Waals surface area contributed by atoms with Gasteiger partial charge in [-0.15, -0.1) is 0 Å². The summed E-state index contributed by atoms with van der Waals surface area (Å²) in [7, 11) is -4.09. The number of fused-ring (bicyclic) bond motifs is 1. The summed E-state index contributed by atoms with van der Waals surface area (Å²) in [4.78, 5) is 6.88. The largest absolute Gasteiger partial charge is 0.416 e. The number of alkyl halides is 3. The van der Waals surface area contributed by atoms with E-state index in [4.69, 9.17) is 0 Å². The molecule has 1 aliphatic heterocycles. The number of hydrogen-bond donors (Lipinski definition) is 2. The molecule has 4 rings (SSSR count). The zero-order valence-electron chi connectivity index (χ0n) is 19.3. The summed E-state index contributed by atoms with van der Waals surface area (Å²) in [6.45, 7) is 4.84. The molecule has 2 heterocycles. The Kier molecular flexibility index (Phi) is 7.93. The highest BCUT2D eigenvalue weighted by Gasteiger charge is 2.30. The molecule has 10 heteroatoms. The van der Waals surface area contributed by atoms with Gasteiger partial charge in [-0.25, -0.2) is 13.4 Å². The van der Waals surface area contributed by atoms with Crippen LogP contribution in [0.25, 0.3) is 10.9 Å². The second kappa shape index (κ2) is 10.9. The number of hydrogen-bond acceptors (Lipinski definition) is 5. The van der Waals surface area contributed by atoms with Gasteiger partial charge in [0.05, 0.1) is 27.4 Å². The van der Waals surface area contributed by atoms with Crippen molar-refractivity contribution < 1.29 is 21.6 Å². The Morgan fingerprint density at radius 2 is 1.69 bits per heavy atom. The Labute approximate surface area is 203 Å². The van der Waals surface area contributed by atoms with Crippen molar-refractivity contribution in [2.24, 2.45) is 0 Å². The molecular formula is C25H29F3N4O2S. The van der Waals surface area contributed by atoms with Crippen LogP contribution in [-0.2, 0) is 22.7 Å². The fourth-order valence-electron chi connectivity index (χ4n) is 4.22. The maximum Gasteiger partial charge on any atom is 0.416 e. The molecule has 0 spiro atoms. The van der Waals surface area contributed by atoms with Crippen molar-refractivity contribution in [1.29, 1.82) is 0 Å². The number of benzene rings is 2. The van der Waals surface area contributed by atoms with Gasteiger partial charge in [-0.2, -0.15) is 13.2 Å². The molecule has 6 nitrogen and oxygen atoms in total. The lowest BCUT2D eigenvalue weighted by Crippen LogP contribution is -2.32. The van der Waals surface area contributed by atoms with E-state index in [0.717, 1.165) is 54.9 Å². The fourth-order valence-corrected chi connectivity index (χ4v) is 5.29. The Balaban J connectivity index is 1.42. The molecule has 1 aliphatic rings. The molecule has 2 N–H and O–H groups in total. The summed E-state index contributed by atoms with van der Waals surface area (Å²) in [5.74, 6) is 0. The molecule has 0 saturated carbocycles. The van der Waals surface area contributed by atoms with Gasteiger partial charge >= 0.3 is 6.18 Å². The van der Waals surface area contributed by atoms with Crippen LogP contribution in [0.4, 0.5) is 18.9 Å². The third kappa shape index (κ3) is 6.71. The lowest BCUT2D eigenvalue weighted by Gasteiger charge is -2.26. The van der Waals surface area contributed by atoms with Crippen molar-refractivity contribution in [2.45, 2.75) is 43.3 Å². The number of pyridine rings is 1. The topological polar surface area (TPSA) is 74.3 Å². The Bertz CT molecular complexity index is 1240. The van der Waals surface area contributed by atoms with Gasteiger partial charge in [0.25, 0.3) is 10.0 Å². The zero-order valence-corrected chi connectivity index (χ0v) is 20.1. The third-order valence-corrected chi connectivity index (χ3v) is 7.48. The van der Waals surface area contributed by atoms with Crippen LogP contribution in [0.2, 0.25) is 0 Å². The molecule has 188 valence electrons. The zero-order chi connectivity index (χ0) is 24.9. The predicted octanol–water partition coefficient (Wildman–Crippen LogP) is 5.02. The van der Waals surface area contributed by atoms with Gasteiger partial charge in [-0.05, 0) is 81.8 Å². The molecule has 0 aliphatic carbocycles. The first kappa shape index (κ1) is 25.4. The molecular weight excluding hydrogens is 477 g/mol. The SMILES string of the molecule is O=S(=O)(Nc1cccc2ccc(CNCCCN3CCCCC3)nc12)c1ccc(C(F)(F)F)cc1. The van der Waals surface area contributed by atoms with Crippen LogP contribution in [0, 0.1) is 0 Å². The summed E-state index contributed by atoms with van der Waals surface area (Å²) in [6.07, 6.45) is 0.392. The molecule has 3 aromatic rings. The first-order valence-electron chi connectivity index (χ1n) is 11.7. The van der Waals surface area contributed by atoms with Crippen molar-refractivity contribution in [2.75, 3.05) is 30.9 Å². The van der Waals surface area contributed by atoms with Gasteiger partial charge in [0, 0.05) is 11.9 Å². The normalized spacial score (nSPS) is 15.4. The highest BCUT2D eigenvalue weighted by atomic mass is 32.2. The van der Waals surface area contributed by atoms with Crippen molar-refractivity contribution in [3.05, 3.63) is 65.9 Å². The van der Waals surface area contributed by atoms with Crippen LogP contribution in [-0.4, -0.2) is 44.5 Å². The van der Waals surface area contributed by atoms with Crippen molar-refractivity contribution in [1.82, 2.24) is 15.2 Å². The number of likely N-dealkylation sites (tertiary alicyclic amines) is 1. The summed E-state index contributed by atoms with van der Waals surface area (Å²) in [6, 6.07) is 12.3. The Morgan fingerprint density at radius 1 is 0.943 bits per heavy atom. The molecule has 0 bridgehead atoms. The van der Waals surface area contributed by atoms with E-state index in [1.54, 1.807) is 12.1 Å². The van der Waals surface area contributed by atoms with Gasteiger partial charge in [-0.3, -0.25) is 4.72 Å². The standard InChI is InChI=1S/C25H29F3N4O2S/c26-25(27,28)20-9-12-22(13-10-20)35(33,34)31-23-7-4-6-19-8-11-21(30-24(19)23)18-29-14-5-17-32-15-2-1-3-16-32/h4,6-13,29,31H,1-3,5,14-18H2. The van der Waals surface area contributed by atoms with Gasteiger partial charge in [0.2, 0.25) is 0 Å². The first-order chi connectivity index (χ1) is 16.7. The van der Waals surface area contributed by atoms with E-state index in [-0.39, 0.29) is 10.6 Å². The van der Waals surface area contributed by atoms with E-state index in [1.165, 1.54) is 32.4 Å². The lowest BCUT2D eigenvalue weighted by molar-refractivity contribution is -0.137. The number of halogens is 3. The summed E-state index contributed by atoms with van der Waals surface area (Å²) >= 11 is 0. The molecule has 1 saturated heterocycles. The molecule has 0 amide bonds. The molecule has 1 aromatic heterocycles. The van der Waals surface area contributed by atoms with Crippen molar-refractivity contribution in [3.63, 3.8) is 0 Å². The van der Waals surface area contributed by atoms with Crippen LogP contribution in [0.5, 0.6) is 0 Å². The average Bonchev–Trinajstić information content (AvgIpc) is 2.84. The van der Waals surface area contributed by atoms with Crippen LogP contribution >= 0.6 is 0 Å². The maximum atomic E-state index is 12.8. The number of aromatic nitrogens is 1. The summed E-state index contributed by atoms with van der Waals surface area (Å²) < 4.78 is 66.6. The van der Waals surface area contributed by atoms with Crippen LogP contribution < -0.4 is 10.0 Å². The fraction of sp³-hybridized carbons (Fsp3) is 0.400. The summed E-state index contributed by atoms with van der Waals surface area (Å²) in [5, 5.41) is 4.15. The molecule has 0 radical (unpaired) electrons. The van der Waals surface area contributed by atoms with Crippen LogP contribution in [0.15, 0.2) is 59.5 Å². The van der Waals surface area contributed by atoms with E-state index in [2.05, 4.69) is 19.9 Å². The quantitative estimate of drug-likeness (QED) is 0.399. The minimum Gasteiger partial charge on any atom is -0.311 e. The van der Waals surface area contributed by atoms with Crippen LogP contribution in [0.3, 0.4) is 0 Å². The van der Waals surface area contributed by atoms with Gasteiger partial charge < -0.3 is 10.2 Å². The number of piperidine rings is 1. The molecule has 1 fully saturated rings. The highest BCUT2D eigenvalue weighted by Crippen LogP contribution is 2.30. The van der Waals surface area contributed by atoms with E-state index in [1.807, 2.05) is 18.2 Å². The number of anilines is 1. The Hall–Kier alpha value is -2.69. The minimum atomic E-state index is -4.53. The van der Waals surface area contributed by atoms with Gasteiger partial charge in [0.15, 0.2) is 0 Å². The Morgan fingerprint density at radius 3 is 2.40 bits per heavy atom. The molecule has 0 unspecified atom stereocenters. The van der Waals surface area contributed by atoms with E-state index < -0.39 is 21.8 Å². The number of nitrogens with one attached hydrogen (secondary N) is 2.